The molecule has 55 heavy (non-hydrogen) atoms. The zero-order valence-electron chi connectivity index (χ0n) is 32.2. The van der Waals surface area contributed by atoms with E-state index < -0.39 is 10.1 Å². The smallest absolute Gasteiger partial charge is 0.265 e. The highest BCUT2D eigenvalue weighted by Crippen LogP contribution is 2.04. The first-order chi connectivity index (χ1) is 26.3. The molecule has 288 valence electrons. The highest BCUT2D eigenvalue weighted by Gasteiger charge is 2.03. The van der Waals surface area contributed by atoms with E-state index in [9.17, 15) is 8.42 Å². The van der Waals surface area contributed by atoms with Crippen LogP contribution in [0.4, 0.5) is 0 Å². The summed E-state index contributed by atoms with van der Waals surface area (Å²) in [7, 11) is -0.513. The van der Waals surface area contributed by atoms with Gasteiger partial charge in [0.25, 0.3) is 10.1 Å². The molecule has 15 nitrogen and oxygen atoms in total. The Morgan fingerprint density at radius 3 is 1.44 bits per heavy atom. The molecular formula is C39H44N8O7S. The molecular weight excluding hydrogens is 725 g/mol. The lowest BCUT2D eigenvalue weighted by atomic mass is 10.2. The third-order valence-electron chi connectivity index (χ3n) is 6.48. The number of aryl methyl sites for hydroxylation is 2. The Bertz CT molecular complexity index is 2230. The minimum Gasteiger partial charge on any atom is -0.411 e. The first-order valence-electron chi connectivity index (χ1n) is 16.4. The van der Waals surface area contributed by atoms with Gasteiger partial charge in [0.05, 0.1) is 29.0 Å². The van der Waals surface area contributed by atoms with Crippen LogP contribution in [0.1, 0.15) is 73.2 Å². The van der Waals surface area contributed by atoms with Crippen molar-refractivity contribution in [2.24, 2.45) is 20.6 Å². The van der Waals surface area contributed by atoms with Gasteiger partial charge in [-0.15, -0.1) is 0 Å². The van der Waals surface area contributed by atoms with E-state index in [1.807, 2.05) is 82.3 Å². The van der Waals surface area contributed by atoms with Crippen LogP contribution in [0.25, 0.3) is 0 Å². The molecule has 1 N–H and O–H groups in total. The second-order valence-electron chi connectivity index (χ2n) is 11.1. The zero-order chi connectivity index (χ0) is 40.6. The fourth-order valence-corrected chi connectivity index (χ4v) is 4.19. The van der Waals surface area contributed by atoms with Crippen molar-refractivity contribution in [3.05, 3.63) is 118 Å². The molecule has 0 amide bonds. The third-order valence-corrected chi connectivity index (χ3v) is 7.03. The Balaban J connectivity index is 0.000000307. The van der Waals surface area contributed by atoms with Gasteiger partial charge in [-0.05, 0) is 102 Å². The zero-order valence-corrected chi connectivity index (χ0v) is 33.0. The van der Waals surface area contributed by atoms with Gasteiger partial charge in [0.15, 0.2) is 6.61 Å². The van der Waals surface area contributed by atoms with Crippen molar-refractivity contribution >= 4 is 33.0 Å². The summed E-state index contributed by atoms with van der Waals surface area (Å²) < 4.78 is 25.9. The van der Waals surface area contributed by atoms with E-state index in [-0.39, 0.29) is 13.2 Å². The first-order valence-corrected chi connectivity index (χ1v) is 18.2. The first kappa shape index (κ1) is 44.7. The molecule has 4 aromatic heterocycles. The fraction of sp³-hybridized carbons (Fsp3) is 0.282. The highest BCUT2D eigenvalue weighted by molar-refractivity contribution is 7.86. The Morgan fingerprint density at radius 2 is 1.02 bits per heavy atom. The average Bonchev–Trinajstić information content (AvgIpc) is 3.16. The van der Waals surface area contributed by atoms with Gasteiger partial charge in [-0.25, -0.2) is 9.97 Å². The van der Waals surface area contributed by atoms with Crippen LogP contribution in [0.15, 0.2) is 93.4 Å². The molecule has 0 saturated heterocycles. The van der Waals surface area contributed by atoms with Gasteiger partial charge < -0.3 is 19.7 Å². The maximum Gasteiger partial charge on any atom is 0.265 e. The van der Waals surface area contributed by atoms with Gasteiger partial charge in [0.1, 0.15) is 55.1 Å². The summed E-state index contributed by atoms with van der Waals surface area (Å²) >= 11 is 0. The summed E-state index contributed by atoms with van der Waals surface area (Å²) in [5.41, 5.74) is 8.40. The lowest BCUT2D eigenvalue weighted by Crippen LogP contribution is -2.03. The number of pyridine rings is 4. The number of nitrogens with zero attached hydrogens (tertiary/aromatic N) is 8. The molecule has 0 saturated carbocycles. The van der Waals surface area contributed by atoms with Gasteiger partial charge >= 0.3 is 0 Å². The van der Waals surface area contributed by atoms with E-state index in [0.29, 0.717) is 51.3 Å². The number of hydrogen-bond donors (Lipinski definition) is 1. The molecule has 0 spiro atoms. The van der Waals surface area contributed by atoms with Crippen molar-refractivity contribution in [1.29, 1.82) is 0 Å². The van der Waals surface area contributed by atoms with E-state index in [1.54, 1.807) is 32.0 Å². The van der Waals surface area contributed by atoms with Crippen molar-refractivity contribution < 1.29 is 32.3 Å². The molecule has 0 aliphatic rings. The maximum atomic E-state index is 10.7. The molecule has 0 aliphatic heterocycles. The average molecular weight is 769 g/mol. The second kappa shape index (κ2) is 23.9. The van der Waals surface area contributed by atoms with Crippen LogP contribution in [0.5, 0.6) is 0 Å². The van der Waals surface area contributed by atoms with Crippen molar-refractivity contribution in [3.8, 4) is 23.7 Å². The number of hydrogen-bond acceptors (Lipinski definition) is 15. The Hall–Kier alpha value is -6.49. The summed E-state index contributed by atoms with van der Waals surface area (Å²) in [6.45, 7) is 10.9. The van der Waals surface area contributed by atoms with E-state index in [4.69, 9.17) is 14.9 Å². The molecule has 0 aromatic carbocycles. The fourth-order valence-electron chi connectivity index (χ4n) is 3.92. The molecule has 0 atom stereocenters. The Morgan fingerprint density at radius 1 is 0.618 bits per heavy atom. The van der Waals surface area contributed by atoms with Crippen molar-refractivity contribution in [3.63, 3.8) is 0 Å². The molecule has 0 fully saturated rings. The minimum absolute atomic E-state index is 0.167. The molecule has 16 heteroatoms. The lowest BCUT2D eigenvalue weighted by Gasteiger charge is -2.00. The minimum atomic E-state index is -3.47. The number of aromatic nitrogens is 4. The van der Waals surface area contributed by atoms with Crippen LogP contribution in [-0.4, -0.2) is 90.1 Å². The molecule has 0 aliphatic carbocycles. The predicted molar refractivity (Wildman–Crippen MR) is 212 cm³/mol. The maximum absolute atomic E-state index is 10.7. The van der Waals surface area contributed by atoms with Gasteiger partial charge in [0.2, 0.25) is 0 Å². The Kier molecular flexibility index (Phi) is 19.4. The molecule has 0 unspecified atom stereocenters. The molecule has 0 radical (unpaired) electrons. The monoisotopic (exact) mass is 768 g/mol. The molecule has 4 heterocycles. The largest absolute Gasteiger partial charge is 0.411 e. The second-order valence-corrected chi connectivity index (χ2v) is 12.7. The van der Waals surface area contributed by atoms with Crippen molar-refractivity contribution in [2.75, 3.05) is 33.7 Å². The quantitative estimate of drug-likeness (QED) is 0.0549. The molecule has 4 aromatic rings. The van der Waals surface area contributed by atoms with Crippen LogP contribution in [-0.2, 0) is 28.8 Å². The predicted octanol–water partition coefficient (Wildman–Crippen LogP) is 5.32. The highest BCUT2D eigenvalue weighted by atomic mass is 32.2. The summed E-state index contributed by atoms with van der Waals surface area (Å²) in [5, 5.41) is 23.1. The van der Waals surface area contributed by atoms with Crippen LogP contribution in [0.3, 0.4) is 0 Å². The lowest BCUT2D eigenvalue weighted by molar-refractivity contribution is 0.179. The van der Waals surface area contributed by atoms with Crippen LogP contribution < -0.4 is 0 Å². The van der Waals surface area contributed by atoms with E-state index in [1.165, 1.54) is 14.2 Å². The standard InChI is InChI=1S/C19H20N4O2.C12H14N2O4S.C8H10N2O/c1-14-8-5-11-18(20-14)16(3)23-25-13-7-10-17-9-6-12-19(21-17)15(2)22-24-4;1-10(14-17-2)12-8-4-6-11(13-12)7-5-9-18-19(3,15)16;1-6-4-3-5-8(9-6)7(2)10-11/h5-6,8-9,11-12H,13H2,1-4H3;4,6,8H,9H2,1-3H3;3-5,11H,1-2H3/b22-15+,23-16+;14-10+;10-7+. The van der Waals surface area contributed by atoms with Gasteiger partial charge in [-0.1, -0.05) is 56.7 Å². The summed E-state index contributed by atoms with van der Waals surface area (Å²) in [6.07, 6.45) is 0.970. The van der Waals surface area contributed by atoms with E-state index in [0.717, 1.165) is 23.3 Å². The van der Waals surface area contributed by atoms with E-state index >= 15 is 0 Å². The van der Waals surface area contributed by atoms with Crippen LogP contribution >= 0.6 is 0 Å². The summed E-state index contributed by atoms with van der Waals surface area (Å²) in [5.74, 6) is 11.1. The van der Waals surface area contributed by atoms with Gasteiger partial charge in [-0.2, -0.15) is 8.42 Å². The van der Waals surface area contributed by atoms with Crippen molar-refractivity contribution in [2.45, 2.75) is 41.5 Å². The molecule has 4 rings (SSSR count). The number of rotatable bonds is 10. The molecule has 0 bridgehead atoms. The van der Waals surface area contributed by atoms with E-state index in [2.05, 4.69) is 73.3 Å². The van der Waals surface area contributed by atoms with Gasteiger partial charge in [0, 0.05) is 11.4 Å². The van der Waals surface area contributed by atoms with Crippen LogP contribution in [0.2, 0.25) is 0 Å². The van der Waals surface area contributed by atoms with Crippen LogP contribution in [0, 0.1) is 37.5 Å². The normalized spacial score (nSPS) is 11.6. The van der Waals surface area contributed by atoms with Crippen molar-refractivity contribution in [1.82, 2.24) is 19.9 Å². The Labute approximate surface area is 322 Å². The number of oxime groups is 4. The topological polar surface area (TPSA) is 192 Å². The summed E-state index contributed by atoms with van der Waals surface area (Å²) in [6, 6.07) is 22.1. The summed E-state index contributed by atoms with van der Waals surface area (Å²) in [4.78, 5) is 31.8. The SMILES string of the molecule is C/C(=N\O)c1cccc(C)n1.CO/N=C(\C)c1cccc(C#CCO/N=C(\C)c2cccc(C)n2)n1.CO/N=C(\C)c1cccc(C#CCOS(C)(=O)=O)n1. The van der Waals surface area contributed by atoms with Gasteiger partial charge in [-0.3, -0.25) is 14.2 Å². The third kappa shape index (κ3) is 18.2.